The third-order valence-electron chi connectivity index (χ3n) is 4.11. The molecule has 1 aliphatic carbocycles. The van der Waals surface area contributed by atoms with Gasteiger partial charge < -0.3 is 20.1 Å². The molecule has 1 aliphatic heterocycles. The van der Waals surface area contributed by atoms with E-state index in [1.54, 1.807) is 11.9 Å². The van der Waals surface area contributed by atoms with E-state index >= 15 is 0 Å². The van der Waals surface area contributed by atoms with Crippen LogP contribution in [0.4, 0.5) is 0 Å². The molecule has 1 amide bonds. The minimum Gasteiger partial charge on any atom is -0.486 e. The van der Waals surface area contributed by atoms with Gasteiger partial charge in [0.25, 0.3) is 0 Å². The van der Waals surface area contributed by atoms with E-state index in [9.17, 15) is 4.79 Å². The molecule has 0 bridgehead atoms. The van der Waals surface area contributed by atoms with E-state index in [2.05, 4.69) is 0 Å². The first-order valence-electron chi connectivity index (χ1n) is 7.51. The third-order valence-corrected chi connectivity index (χ3v) is 4.11. The Hall–Kier alpha value is -1.75. The first kappa shape index (κ1) is 14.2. The highest BCUT2D eigenvalue weighted by atomic mass is 16.6. The van der Waals surface area contributed by atoms with Gasteiger partial charge in [-0.2, -0.15) is 0 Å². The highest BCUT2D eigenvalue weighted by Crippen LogP contribution is 2.33. The van der Waals surface area contributed by atoms with Crippen LogP contribution in [0.2, 0.25) is 0 Å². The van der Waals surface area contributed by atoms with Crippen LogP contribution >= 0.6 is 0 Å². The molecule has 1 fully saturated rings. The van der Waals surface area contributed by atoms with Crippen LogP contribution in [0.15, 0.2) is 24.3 Å². The van der Waals surface area contributed by atoms with Crippen molar-refractivity contribution in [1.82, 2.24) is 4.90 Å². The molecule has 5 heteroatoms. The molecular formula is C16H22N2O3. The van der Waals surface area contributed by atoms with E-state index in [1.165, 1.54) is 0 Å². The molecule has 0 spiro atoms. The number of likely N-dealkylation sites (N-methyl/N-ethyl adjacent to an activating group) is 1. The Bertz CT molecular complexity index is 516. The number of rotatable bonds is 5. The zero-order valence-corrected chi connectivity index (χ0v) is 12.3. The van der Waals surface area contributed by atoms with Crippen LogP contribution in [-0.4, -0.2) is 43.2 Å². The number of para-hydroxylation sites is 2. The summed E-state index contributed by atoms with van der Waals surface area (Å²) in [6.45, 7) is 0.980. The van der Waals surface area contributed by atoms with Gasteiger partial charge in [-0.15, -0.1) is 0 Å². The average Bonchev–Trinajstić information content (AvgIpc) is 3.31. The van der Waals surface area contributed by atoms with Crippen molar-refractivity contribution in [3.05, 3.63) is 24.3 Å². The first-order valence-corrected chi connectivity index (χ1v) is 7.51. The third kappa shape index (κ3) is 3.47. The van der Waals surface area contributed by atoms with Crippen molar-refractivity contribution >= 4 is 5.91 Å². The largest absolute Gasteiger partial charge is 0.486 e. The van der Waals surface area contributed by atoms with Gasteiger partial charge in [-0.3, -0.25) is 4.79 Å². The maximum Gasteiger partial charge on any atom is 0.224 e. The lowest BCUT2D eigenvalue weighted by Gasteiger charge is -2.30. The smallest absolute Gasteiger partial charge is 0.224 e. The standard InChI is InChI=1S/C16H22N2O3/c1-18(16(19)8-13(17)11-6-7-11)9-12-10-20-14-4-2-3-5-15(14)21-12/h2-5,11-13H,6-10,17H2,1H3. The predicted molar refractivity (Wildman–Crippen MR) is 79.3 cm³/mol. The van der Waals surface area contributed by atoms with Gasteiger partial charge in [-0.05, 0) is 30.9 Å². The highest BCUT2D eigenvalue weighted by Gasteiger charge is 2.31. The van der Waals surface area contributed by atoms with Crippen LogP contribution in [0.25, 0.3) is 0 Å². The van der Waals surface area contributed by atoms with E-state index < -0.39 is 0 Å². The number of fused-ring (bicyclic) bond motifs is 1. The number of amides is 1. The summed E-state index contributed by atoms with van der Waals surface area (Å²) < 4.78 is 11.5. The van der Waals surface area contributed by atoms with Crippen molar-refractivity contribution in [1.29, 1.82) is 0 Å². The molecule has 2 N–H and O–H groups in total. The summed E-state index contributed by atoms with van der Waals surface area (Å²) in [4.78, 5) is 13.9. The Balaban J connectivity index is 1.51. The van der Waals surface area contributed by atoms with Crippen LogP contribution in [-0.2, 0) is 4.79 Å². The van der Waals surface area contributed by atoms with Gasteiger partial charge in [0.05, 0.1) is 6.54 Å². The van der Waals surface area contributed by atoms with Gasteiger partial charge in [0.15, 0.2) is 17.6 Å². The number of nitrogens with zero attached hydrogens (tertiary/aromatic N) is 1. The van der Waals surface area contributed by atoms with Gasteiger partial charge >= 0.3 is 0 Å². The Kier molecular flexibility index (Phi) is 4.01. The molecule has 1 aromatic rings. The summed E-state index contributed by atoms with van der Waals surface area (Å²) >= 11 is 0. The number of benzene rings is 1. The topological polar surface area (TPSA) is 64.8 Å². The molecule has 3 rings (SSSR count). The zero-order chi connectivity index (χ0) is 14.8. The molecular weight excluding hydrogens is 268 g/mol. The number of ether oxygens (including phenoxy) is 2. The maximum absolute atomic E-state index is 12.2. The average molecular weight is 290 g/mol. The van der Waals surface area contributed by atoms with Crippen molar-refractivity contribution in [3.63, 3.8) is 0 Å². The molecule has 1 heterocycles. The maximum atomic E-state index is 12.2. The van der Waals surface area contributed by atoms with Gasteiger partial charge in [-0.1, -0.05) is 12.1 Å². The highest BCUT2D eigenvalue weighted by molar-refractivity contribution is 5.76. The van der Waals surface area contributed by atoms with E-state index in [4.69, 9.17) is 15.2 Å². The monoisotopic (exact) mass is 290 g/mol. The molecule has 1 saturated carbocycles. The first-order chi connectivity index (χ1) is 10.1. The summed E-state index contributed by atoms with van der Waals surface area (Å²) in [5.74, 6) is 2.13. The lowest BCUT2D eigenvalue weighted by Crippen LogP contribution is -2.43. The van der Waals surface area contributed by atoms with Crippen molar-refractivity contribution < 1.29 is 14.3 Å². The fourth-order valence-electron chi connectivity index (χ4n) is 2.61. The predicted octanol–water partition coefficient (Wildman–Crippen LogP) is 1.41. The number of nitrogens with two attached hydrogens (primary N) is 1. The lowest BCUT2D eigenvalue weighted by atomic mass is 10.1. The number of carbonyl (C=O) groups excluding carboxylic acids is 1. The van der Waals surface area contributed by atoms with E-state index in [0.29, 0.717) is 25.5 Å². The number of carbonyl (C=O) groups is 1. The molecule has 2 aliphatic rings. The minimum absolute atomic E-state index is 0.00389. The van der Waals surface area contributed by atoms with Crippen LogP contribution < -0.4 is 15.2 Å². The molecule has 0 aromatic heterocycles. The normalized spacial score (nSPS) is 21.7. The minimum atomic E-state index is -0.133. The molecule has 0 saturated heterocycles. The van der Waals surface area contributed by atoms with E-state index in [-0.39, 0.29) is 18.1 Å². The van der Waals surface area contributed by atoms with Crippen LogP contribution in [0.1, 0.15) is 19.3 Å². The second kappa shape index (κ2) is 5.93. The van der Waals surface area contributed by atoms with Crippen molar-refractivity contribution in [3.8, 4) is 11.5 Å². The van der Waals surface area contributed by atoms with E-state index in [0.717, 1.165) is 24.3 Å². The van der Waals surface area contributed by atoms with Crippen molar-refractivity contribution in [2.75, 3.05) is 20.2 Å². The summed E-state index contributed by atoms with van der Waals surface area (Å²) in [7, 11) is 1.80. The van der Waals surface area contributed by atoms with Crippen molar-refractivity contribution in [2.24, 2.45) is 11.7 Å². The second-order valence-corrected chi connectivity index (χ2v) is 5.98. The molecule has 2 atom stereocenters. The van der Waals surface area contributed by atoms with Gasteiger partial charge in [0.2, 0.25) is 5.91 Å². The Morgan fingerprint density at radius 3 is 2.81 bits per heavy atom. The Morgan fingerprint density at radius 2 is 2.10 bits per heavy atom. The Morgan fingerprint density at radius 1 is 1.38 bits per heavy atom. The number of hydrogen-bond donors (Lipinski definition) is 1. The second-order valence-electron chi connectivity index (χ2n) is 5.98. The summed E-state index contributed by atoms with van der Waals surface area (Å²) in [5.41, 5.74) is 6.01. The molecule has 5 nitrogen and oxygen atoms in total. The van der Waals surface area contributed by atoms with Gasteiger partial charge in [-0.25, -0.2) is 0 Å². The molecule has 114 valence electrons. The fraction of sp³-hybridized carbons (Fsp3) is 0.562. The SMILES string of the molecule is CN(CC1COc2ccccc2O1)C(=O)CC(N)C1CC1. The van der Waals surface area contributed by atoms with Gasteiger partial charge in [0.1, 0.15) is 6.61 Å². The fourth-order valence-corrected chi connectivity index (χ4v) is 2.61. The number of hydrogen-bond acceptors (Lipinski definition) is 4. The summed E-state index contributed by atoms with van der Waals surface area (Å²) in [5, 5.41) is 0. The van der Waals surface area contributed by atoms with Crippen molar-refractivity contribution in [2.45, 2.75) is 31.4 Å². The molecule has 1 aromatic carbocycles. The van der Waals surface area contributed by atoms with Crippen LogP contribution in [0.5, 0.6) is 11.5 Å². The summed E-state index contributed by atoms with van der Waals surface area (Å²) in [6.07, 6.45) is 2.61. The van der Waals surface area contributed by atoms with Gasteiger partial charge in [0, 0.05) is 19.5 Å². The van der Waals surface area contributed by atoms with Crippen LogP contribution in [0.3, 0.4) is 0 Å². The summed E-state index contributed by atoms with van der Waals surface area (Å²) in [6, 6.07) is 7.59. The molecule has 2 unspecified atom stereocenters. The molecule has 0 radical (unpaired) electrons. The Labute approximate surface area is 125 Å². The quantitative estimate of drug-likeness (QED) is 0.890. The molecule has 21 heavy (non-hydrogen) atoms. The zero-order valence-electron chi connectivity index (χ0n) is 12.3. The van der Waals surface area contributed by atoms with Crippen LogP contribution in [0, 0.1) is 5.92 Å². The van der Waals surface area contributed by atoms with E-state index in [1.807, 2.05) is 24.3 Å². The lowest BCUT2D eigenvalue weighted by molar-refractivity contribution is -0.131.